The van der Waals surface area contributed by atoms with Crippen LogP contribution >= 0.6 is 0 Å². The molecule has 3 rings (SSSR count). The Balaban J connectivity index is 1.30. The third-order valence-corrected chi connectivity index (χ3v) is 4.63. The summed E-state index contributed by atoms with van der Waals surface area (Å²) in [5.41, 5.74) is 0. The van der Waals surface area contributed by atoms with Gasteiger partial charge >= 0.3 is 0 Å². The average Bonchev–Trinajstić information content (AvgIpc) is 3.01. The van der Waals surface area contributed by atoms with Crippen molar-refractivity contribution in [3.8, 4) is 0 Å². The Labute approximate surface area is 99.1 Å². The van der Waals surface area contributed by atoms with Crippen molar-refractivity contribution in [1.29, 1.82) is 0 Å². The lowest BCUT2D eigenvalue weighted by Crippen LogP contribution is -2.33. The van der Waals surface area contributed by atoms with Crippen molar-refractivity contribution >= 4 is 0 Å². The quantitative estimate of drug-likeness (QED) is 0.562. The molecule has 0 aromatic rings. The Kier molecular flexibility index (Phi) is 3.30. The van der Waals surface area contributed by atoms with Gasteiger partial charge in [-0.2, -0.15) is 0 Å². The van der Waals surface area contributed by atoms with Gasteiger partial charge in [0.2, 0.25) is 0 Å². The monoisotopic (exact) mass is 220 g/mol. The second kappa shape index (κ2) is 4.89. The predicted molar refractivity (Wildman–Crippen MR) is 67.4 cm³/mol. The van der Waals surface area contributed by atoms with E-state index < -0.39 is 0 Å². The molecule has 2 fully saturated rings. The van der Waals surface area contributed by atoms with E-state index in [1.807, 2.05) is 0 Å². The molecule has 2 heteroatoms. The topological polar surface area (TPSA) is 15.3 Å². The molecule has 0 radical (unpaired) electrons. The van der Waals surface area contributed by atoms with Crippen molar-refractivity contribution in [3.05, 3.63) is 12.2 Å². The molecule has 1 saturated carbocycles. The highest BCUT2D eigenvalue weighted by Crippen LogP contribution is 2.42. The van der Waals surface area contributed by atoms with E-state index in [0.29, 0.717) is 0 Å². The molecule has 3 unspecified atom stereocenters. The Morgan fingerprint density at radius 2 is 2.00 bits per heavy atom. The molecule has 90 valence electrons. The minimum absolute atomic E-state index is 0.907. The second-order valence-corrected chi connectivity index (χ2v) is 5.79. The van der Waals surface area contributed by atoms with Gasteiger partial charge in [-0.05, 0) is 63.1 Å². The van der Waals surface area contributed by atoms with Crippen molar-refractivity contribution in [2.24, 2.45) is 17.8 Å². The summed E-state index contributed by atoms with van der Waals surface area (Å²) in [5.74, 6) is 2.77. The van der Waals surface area contributed by atoms with Crippen LogP contribution in [0.2, 0.25) is 0 Å². The summed E-state index contributed by atoms with van der Waals surface area (Å²) in [5, 5.41) is 3.66. The lowest BCUT2D eigenvalue weighted by atomic mass is 9.94. The lowest BCUT2D eigenvalue weighted by molar-refractivity contribution is 0.325. The fraction of sp³-hybridized carbons (Fsp3) is 0.857. The summed E-state index contributed by atoms with van der Waals surface area (Å²) in [4.78, 5) is 2.59. The Hall–Kier alpha value is -0.340. The highest BCUT2D eigenvalue weighted by atomic mass is 15.1. The molecule has 0 aromatic carbocycles. The summed E-state index contributed by atoms with van der Waals surface area (Å²) in [7, 11) is 0. The second-order valence-electron chi connectivity index (χ2n) is 5.79. The summed E-state index contributed by atoms with van der Waals surface area (Å²) in [6, 6.07) is 0. The van der Waals surface area contributed by atoms with E-state index in [9.17, 15) is 0 Å². The third kappa shape index (κ3) is 2.33. The van der Waals surface area contributed by atoms with Gasteiger partial charge in [0.15, 0.2) is 0 Å². The maximum absolute atomic E-state index is 3.66. The minimum Gasteiger partial charge on any atom is -0.315 e. The number of hydrogen-bond acceptors (Lipinski definition) is 2. The van der Waals surface area contributed by atoms with Gasteiger partial charge in [0.25, 0.3) is 0 Å². The largest absolute Gasteiger partial charge is 0.315 e. The maximum Gasteiger partial charge on any atom is 0.0107 e. The van der Waals surface area contributed by atoms with Crippen LogP contribution in [0.15, 0.2) is 12.2 Å². The molecule has 2 bridgehead atoms. The Morgan fingerprint density at radius 1 is 1.12 bits per heavy atom. The third-order valence-electron chi connectivity index (χ3n) is 4.63. The molecular weight excluding hydrogens is 196 g/mol. The number of rotatable bonds is 5. The molecule has 2 nitrogen and oxygen atoms in total. The zero-order valence-electron chi connectivity index (χ0n) is 10.2. The van der Waals surface area contributed by atoms with Crippen LogP contribution in [-0.4, -0.2) is 37.6 Å². The lowest BCUT2D eigenvalue weighted by Gasteiger charge is -2.20. The first kappa shape index (κ1) is 10.8. The van der Waals surface area contributed by atoms with Crippen molar-refractivity contribution in [2.75, 3.05) is 32.7 Å². The number of hydrogen-bond donors (Lipinski definition) is 1. The molecule has 3 aliphatic rings. The van der Waals surface area contributed by atoms with Crippen LogP contribution in [0.3, 0.4) is 0 Å². The van der Waals surface area contributed by atoms with Gasteiger partial charge in [-0.1, -0.05) is 12.2 Å². The number of nitrogens with one attached hydrogen (secondary N) is 1. The normalized spacial score (nSPS) is 37.6. The molecular formula is C14H24N2. The van der Waals surface area contributed by atoms with E-state index in [4.69, 9.17) is 0 Å². The molecule has 1 saturated heterocycles. The highest BCUT2D eigenvalue weighted by Gasteiger charge is 2.34. The van der Waals surface area contributed by atoms with E-state index >= 15 is 0 Å². The number of allylic oxidation sites excluding steroid dienone is 2. The van der Waals surface area contributed by atoms with Crippen LogP contribution in [-0.2, 0) is 0 Å². The Morgan fingerprint density at radius 3 is 2.69 bits per heavy atom. The van der Waals surface area contributed by atoms with Gasteiger partial charge in [-0.15, -0.1) is 0 Å². The van der Waals surface area contributed by atoms with E-state index in [2.05, 4.69) is 22.4 Å². The van der Waals surface area contributed by atoms with Crippen LogP contribution in [0.5, 0.6) is 0 Å². The van der Waals surface area contributed by atoms with Crippen LogP contribution in [0.4, 0.5) is 0 Å². The van der Waals surface area contributed by atoms with Gasteiger partial charge in [-0.3, -0.25) is 0 Å². The first-order valence-corrected chi connectivity index (χ1v) is 7.03. The summed E-state index contributed by atoms with van der Waals surface area (Å²) >= 11 is 0. The molecule has 2 aliphatic carbocycles. The molecule has 16 heavy (non-hydrogen) atoms. The zero-order valence-corrected chi connectivity index (χ0v) is 10.2. The molecule has 1 heterocycles. The molecule has 3 atom stereocenters. The highest BCUT2D eigenvalue weighted by molar-refractivity contribution is 5.10. The van der Waals surface area contributed by atoms with Crippen molar-refractivity contribution < 1.29 is 0 Å². The first-order chi connectivity index (χ1) is 7.92. The van der Waals surface area contributed by atoms with Crippen LogP contribution in [0.1, 0.15) is 25.7 Å². The van der Waals surface area contributed by atoms with Crippen molar-refractivity contribution in [1.82, 2.24) is 10.2 Å². The summed E-state index contributed by atoms with van der Waals surface area (Å²) in [6.45, 7) is 6.37. The fourth-order valence-corrected chi connectivity index (χ4v) is 3.66. The number of nitrogens with zero attached hydrogens (tertiary/aromatic N) is 1. The molecule has 1 N–H and O–H groups in total. The number of likely N-dealkylation sites (tertiary alicyclic amines) is 1. The average molecular weight is 220 g/mol. The first-order valence-electron chi connectivity index (χ1n) is 7.03. The number of fused-ring (bicyclic) bond motifs is 2. The van der Waals surface area contributed by atoms with E-state index in [1.165, 1.54) is 58.4 Å². The predicted octanol–water partition coefficient (Wildman–Crippen LogP) is 1.88. The van der Waals surface area contributed by atoms with Gasteiger partial charge in [0, 0.05) is 13.1 Å². The Bertz CT molecular complexity index is 255. The van der Waals surface area contributed by atoms with Gasteiger partial charge < -0.3 is 10.2 Å². The van der Waals surface area contributed by atoms with E-state index in [-0.39, 0.29) is 0 Å². The van der Waals surface area contributed by atoms with Gasteiger partial charge in [0.1, 0.15) is 0 Å². The smallest absolute Gasteiger partial charge is 0.0107 e. The molecule has 0 amide bonds. The van der Waals surface area contributed by atoms with E-state index in [1.54, 1.807) is 0 Å². The van der Waals surface area contributed by atoms with Crippen molar-refractivity contribution in [3.63, 3.8) is 0 Å². The van der Waals surface area contributed by atoms with Gasteiger partial charge in [-0.25, -0.2) is 0 Å². The van der Waals surface area contributed by atoms with Crippen LogP contribution in [0.25, 0.3) is 0 Å². The van der Waals surface area contributed by atoms with E-state index in [0.717, 1.165) is 17.8 Å². The van der Waals surface area contributed by atoms with Crippen molar-refractivity contribution in [2.45, 2.75) is 25.7 Å². The fourth-order valence-electron chi connectivity index (χ4n) is 3.66. The van der Waals surface area contributed by atoms with Crippen LogP contribution in [0, 0.1) is 17.8 Å². The van der Waals surface area contributed by atoms with Crippen LogP contribution < -0.4 is 5.32 Å². The molecule has 0 spiro atoms. The SMILES string of the molecule is C1=CC2CC1CC2CNCCN1CCCC1. The van der Waals surface area contributed by atoms with Gasteiger partial charge in [0.05, 0.1) is 0 Å². The summed E-state index contributed by atoms with van der Waals surface area (Å²) < 4.78 is 0. The summed E-state index contributed by atoms with van der Waals surface area (Å²) in [6.07, 6.45) is 10.6. The molecule has 0 aromatic heterocycles. The minimum atomic E-state index is 0.907. The maximum atomic E-state index is 3.66. The standard InChI is InChI=1S/C14H24N2/c1-2-7-16(6-1)8-5-15-11-14-10-12-3-4-13(14)9-12/h3-4,12-15H,1-2,5-11H2. The zero-order chi connectivity index (χ0) is 10.8. The molecule has 1 aliphatic heterocycles.